The summed E-state index contributed by atoms with van der Waals surface area (Å²) in [7, 11) is 0. The molecule has 192 valence electrons. The maximum absolute atomic E-state index is 11.9. The van der Waals surface area contributed by atoms with Crippen molar-refractivity contribution in [1.82, 2.24) is 5.32 Å². The van der Waals surface area contributed by atoms with Crippen LogP contribution in [0.25, 0.3) is 0 Å². The lowest BCUT2D eigenvalue weighted by Gasteiger charge is -2.16. The molecule has 1 amide bonds. The molecule has 0 aliphatic carbocycles. The number of aliphatic hydroxyl groups is 1. The standard InChI is InChI=1S/C28H57NO3/c1-3-5-7-9-10-11-12-13-14-15-16-17-18-20-22-24-32-27(26-30)25-29-28(31)23-21-19-8-6-4-2/h27,30H,3-26H2,1-2H3,(H,29,31). The van der Waals surface area contributed by atoms with Crippen LogP contribution < -0.4 is 5.32 Å². The first kappa shape index (κ1) is 31.4. The zero-order valence-corrected chi connectivity index (χ0v) is 21.8. The van der Waals surface area contributed by atoms with Crippen LogP contribution >= 0.6 is 0 Å². The van der Waals surface area contributed by atoms with Crippen molar-refractivity contribution in [2.24, 2.45) is 0 Å². The average Bonchev–Trinajstić information content (AvgIpc) is 2.80. The molecule has 0 fully saturated rings. The Morgan fingerprint density at radius 2 is 1.06 bits per heavy atom. The number of unbranched alkanes of at least 4 members (excludes halogenated alkanes) is 18. The second-order valence-electron chi connectivity index (χ2n) is 9.59. The van der Waals surface area contributed by atoms with Gasteiger partial charge in [0.2, 0.25) is 5.91 Å². The van der Waals surface area contributed by atoms with Crippen molar-refractivity contribution in [3.8, 4) is 0 Å². The number of hydrogen-bond donors (Lipinski definition) is 2. The number of nitrogens with one attached hydrogen (secondary N) is 1. The van der Waals surface area contributed by atoms with Crippen molar-refractivity contribution < 1.29 is 14.6 Å². The zero-order chi connectivity index (χ0) is 23.5. The Hall–Kier alpha value is -0.610. The van der Waals surface area contributed by atoms with Gasteiger partial charge in [-0.15, -0.1) is 0 Å². The maximum atomic E-state index is 11.9. The fourth-order valence-corrected chi connectivity index (χ4v) is 4.10. The van der Waals surface area contributed by atoms with Crippen LogP contribution in [0.3, 0.4) is 0 Å². The van der Waals surface area contributed by atoms with Gasteiger partial charge in [0.1, 0.15) is 0 Å². The van der Waals surface area contributed by atoms with Gasteiger partial charge in [-0.2, -0.15) is 0 Å². The second-order valence-corrected chi connectivity index (χ2v) is 9.59. The second kappa shape index (κ2) is 26.6. The molecule has 0 spiro atoms. The van der Waals surface area contributed by atoms with Crippen LogP contribution in [0.1, 0.15) is 149 Å². The molecule has 1 atom stereocenters. The molecule has 0 aromatic rings. The molecule has 4 heteroatoms. The van der Waals surface area contributed by atoms with Gasteiger partial charge in [-0.1, -0.05) is 129 Å². The minimum Gasteiger partial charge on any atom is -0.394 e. The average molecular weight is 456 g/mol. The van der Waals surface area contributed by atoms with E-state index in [1.54, 1.807) is 0 Å². The third-order valence-corrected chi connectivity index (χ3v) is 6.34. The summed E-state index contributed by atoms with van der Waals surface area (Å²) in [5, 5.41) is 12.4. The number of carbonyl (C=O) groups excluding carboxylic acids is 1. The molecule has 0 radical (unpaired) electrons. The minimum atomic E-state index is -0.273. The van der Waals surface area contributed by atoms with Crippen molar-refractivity contribution >= 4 is 5.91 Å². The molecular formula is C28H57NO3. The van der Waals surface area contributed by atoms with Crippen molar-refractivity contribution in [2.75, 3.05) is 19.8 Å². The molecular weight excluding hydrogens is 398 g/mol. The smallest absolute Gasteiger partial charge is 0.220 e. The summed E-state index contributed by atoms with van der Waals surface area (Å²) < 4.78 is 5.75. The van der Waals surface area contributed by atoms with E-state index in [4.69, 9.17) is 4.74 Å². The lowest BCUT2D eigenvalue weighted by Crippen LogP contribution is -2.35. The molecule has 0 aliphatic rings. The van der Waals surface area contributed by atoms with E-state index in [0.717, 1.165) is 19.3 Å². The van der Waals surface area contributed by atoms with Crippen LogP contribution in [0.2, 0.25) is 0 Å². The normalized spacial score (nSPS) is 12.2. The van der Waals surface area contributed by atoms with Gasteiger partial charge in [0.25, 0.3) is 0 Å². The summed E-state index contributed by atoms with van der Waals surface area (Å²) in [6, 6.07) is 0. The maximum Gasteiger partial charge on any atom is 0.220 e. The first-order valence-electron chi connectivity index (χ1n) is 14.2. The Morgan fingerprint density at radius 3 is 1.50 bits per heavy atom. The number of amides is 1. The van der Waals surface area contributed by atoms with Crippen molar-refractivity contribution in [3.05, 3.63) is 0 Å². The van der Waals surface area contributed by atoms with Crippen molar-refractivity contribution in [3.63, 3.8) is 0 Å². The zero-order valence-electron chi connectivity index (χ0n) is 21.8. The topological polar surface area (TPSA) is 58.6 Å². The summed E-state index contributed by atoms with van der Waals surface area (Å²) in [6.45, 7) is 5.54. The molecule has 0 rings (SSSR count). The fourth-order valence-electron chi connectivity index (χ4n) is 4.10. The van der Waals surface area contributed by atoms with Gasteiger partial charge in [-0.3, -0.25) is 4.79 Å². The van der Waals surface area contributed by atoms with E-state index in [-0.39, 0.29) is 18.6 Å². The van der Waals surface area contributed by atoms with Gasteiger partial charge >= 0.3 is 0 Å². The van der Waals surface area contributed by atoms with E-state index in [1.165, 1.54) is 109 Å². The van der Waals surface area contributed by atoms with Crippen LogP contribution in [-0.4, -0.2) is 36.9 Å². The van der Waals surface area contributed by atoms with Gasteiger partial charge < -0.3 is 15.2 Å². The Morgan fingerprint density at radius 1 is 0.656 bits per heavy atom. The number of rotatable bonds is 26. The largest absolute Gasteiger partial charge is 0.394 e. The Labute approximate surface area is 200 Å². The lowest BCUT2D eigenvalue weighted by molar-refractivity contribution is -0.122. The molecule has 2 N–H and O–H groups in total. The van der Waals surface area contributed by atoms with Gasteiger partial charge in [-0.05, 0) is 12.8 Å². The predicted molar refractivity (Wildman–Crippen MR) is 138 cm³/mol. The first-order valence-corrected chi connectivity index (χ1v) is 14.2. The molecule has 0 aromatic heterocycles. The highest BCUT2D eigenvalue weighted by Crippen LogP contribution is 2.13. The van der Waals surface area contributed by atoms with Crippen molar-refractivity contribution in [2.45, 2.75) is 155 Å². The molecule has 0 aliphatic heterocycles. The van der Waals surface area contributed by atoms with Gasteiger partial charge in [0.15, 0.2) is 0 Å². The molecule has 0 aromatic carbocycles. The molecule has 0 bridgehead atoms. The SMILES string of the molecule is CCCCCCCCCCCCCCCCCOC(CO)CNC(=O)CCCCCCC. The number of carbonyl (C=O) groups is 1. The van der Waals surface area contributed by atoms with Gasteiger partial charge in [0, 0.05) is 19.6 Å². The predicted octanol–water partition coefficient (Wildman–Crippen LogP) is 7.71. The van der Waals surface area contributed by atoms with E-state index < -0.39 is 0 Å². The third-order valence-electron chi connectivity index (χ3n) is 6.34. The highest BCUT2D eigenvalue weighted by Gasteiger charge is 2.09. The molecule has 0 saturated carbocycles. The minimum absolute atomic E-state index is 0.0322. The lowest BCUT2D eigenvalue weighted by atomic mass is 10.0. The molecule has 32 heavy (non-hydrogen) atoms. The monoisotopic (exact) mass is 455 g/mol. The summed E-state index contributed by atoms with van der Waals surface area (Å²) in [5.41, 5.74) is 0. The quantitative estimate of drug-likeness (QED) is 0.131. The Bertz CT molecular complexity index is 376. The molecule has 1 unspecified atom stereocenters. The van der Waals surface area contributed by atoms with Crippen LogP contribution in [0.4, 0.5) is 0 Å². The summed E-state index contributed by atoms with van der Waals surface area (Å²) in [5.74, 6) is 0.0792. The number of ether oxygens (including phenoxy) is 1. The van der Waals surface area contributed by atoms with E-state index in [2.05, 4.69) is 19.2 Å². The summed E-state index contributed by atoms with van der Waals surface area (Å²) in [6.07, 6.45) is 26.4. The van der Waals surface area contributed by atoms with E-state index >= 15 is 0 Å². The summed E-state index contributed by atoms with van der Waals surface area (Å²) in [4.78, 5) is 11.9. The first-order chi connectivity index (χ1) is 15.7. The van der Waals surface area contributed by atoms with Crippen LogP contribution in [0.5, 0.6) is 0 Å². The van der Waals surface area contributed by atoms with E-state index in [0.29, 0.717) is 19.6 Å². The molecule has 0 heterocycles. The molecule has 0 saturated heterocycles. The number of hydrogen-bond acceptors (Lipinski definition) is 3. The van der Waals surface area contributed by atoms with Crippen LogP contribution in [0.15, 0.2) is 0 Å². The van der Waals surface area contributed by atoms with E-state index in [1.807, 2.05) is 0 Å². The molecule has 4 nitrogen and oxygen atoms in total. The van der Waals surface area contributed by atoms with Crippen LogP contribution in [0, 0.1) is 0 Å². The van der Waals surface area contributed by atoms with Crippen LogP contribution in [-0.2, 0) is 9.53 Å². The fraction of sp³-hybridized carbons (Fsp3) is 0.964. The number of aliphatic hydroxyl groups excluding tert-OH is 1. The van der Waals surface area contributed by atoms with Gasteiger partial charge in [0.05, 0.1) is 12.7 Å². The van der Waals surface area contributed by atoms with Gasteiger partial charge in [-0.25, -0.2) is 0 Å². The van der Waals surface area contributed by atoms with E-state index in [9.17, 15) is 9.90 Å². The highest BCUT2D eigenvalue weighted by atomic mass is 16.5. The summed E-state index contributed by atoms with van der Waals surface area (Å²) >= 11 is 0. The Balaban J connectivity index is 3.36. The third kappa shape index (κ3) is 24.0. The highest BCUT2D eigenvalue weighted by molar-refractivity contribution is 5.75. The van der Waals surface area contributed by atoms with Crippen molar-refractivity contribution in [1.29, 1.82) is 0 Å². The Kier molecular flexibility index (Phi) is 26.1.